The topological polar surface area (TPSA) is 158 Å². The van der Waals surface area contributed by atoms with Crippen molar-refractivity contribution in [2.24, 2.45) is 5.92 Å². The molecule has 314 valence electrons. The Hall–Kier alpha value is -5.86. The average molecular weight is 862 g/mol. The molecule has 61 heavy (non-hydrogen) atoms. The van der Waals surface area contributed by atoms with Crippen molar-refractivity contribution >= 4 is 74.8 Å². The van der Waals surface area contributed by atoms with Gasteiger partial charge in [0.25, 0.3) is 17.4 Å². The maximum absolute atomic E-state index is 15.6. The minimum absolute atomic E-state index is 0.0430. The van der Waals surface area contributed by atoms with Gasteiger partial charge in [-0.3, -0.25) is 29.2 Å². The van der Waals surface area contributed by atoms with Crippen LogP contribution in [-0.4, -0.2) is 98.2 Å². The minimum atomic E-state index is -1.19. The molecule has 0 aliphatic carbocycles. The maximum atomic E-state index is 15.6. The zero-order valence-electron chi connectivity index (χ0n) is 34.1. The molecule has 3 fully saturated rings. The van der Waals surface area contributed by atoms with Crippen LogP contribution in [0.15, 0.2) is 71.7 Å². The van der Waals surface area contributed by atoms with E-state index in [0.29, 0.717) is 18.0 Å². The van der Waals surface area contributed by atoms with E-state index >= 15 is 4.39 Å². The number of nitrogens with one attached hydrogen (secondary N) is 2. The number of pyridine rings is 2. The van der Waals surface area contributed by atoms with Crippen molar-refractivity contribution in [3.63, 3.8) is 0 Å². The van der Waals surface area contributed by atoms with Crippen molar-refractivity contribution in [2.75, 3.05) is 65.8 Å². The fraction of sp³-hybridized carbons (Fsp3) is 0.364. The highest BCUT2D eigenvalue weighted by Crippen LogP contribution is 2.38. The number of piperazine rings is 1. The lowest BCUT2D eigenvalue weighted by atomic mass is 9.96. The Morgan fingerprint density at radius 3 is 2.39 bits per heavy atom. The van der Waals surface area contributed by atoms with Crippen molar-refractivity contribution in [3.8, 4) is 6.07 Å². The fourth-order valence-corrected chi connectivity index (χ4v) is 9.11. The number of benzene rings is 2. The molecule has 14 nitrogen and oxygen atoms in total. The number of anilines is 4. The first kappa shape index (κ1) is 41.9. The molecule has 8 rings (SSSR count). The molecule has 5 aromatic rings. The van der Waals surface area contributed by atoms with Gasteiger partial charge in [0.1, 0.15) is 17.4 Å². The molecule has 2 amide bonds. The van der Waals surface area contributed by atoms with E-state index in [1.807, 2.05) is 37.4 Å². The van der Waals surface area contributed by atoms with Crippen LogP contribution in [0.4, 0.5) is 27.4 Å². The third-order valence-electron chi connectivity index (χ3n) is 11.9. The van der Waals surface area contributed by atoms with Gasteiger partial charge < -0.3 is 25.0 Å². The predicted molar refractivity (Wildman–Crippen MR) is 238 cm³/mol. The van der Waals surface area contributed by atoms with E-state index < -0.39 is 17.3 Å². The van der Waals surface area contributed by atoms with Crippen molar-refractivity contribution in [1.82, 2.24) is 30.0 Å². The smallest absolute Gasteiger partial charge is 0.259 e. The number of aromatic amines is 1. The Balaban J connectivity index is 0.807. The number of rotatable bonds is 10. The van der Waals surface area contributed by atoms with E-state index in [0.717, 1.165) is 93.2 Å². The number of nitriles is 1. The monoisotopic (exact) mass is 861 g/mol. The second-order valence-electron chi connectivity index (χ2n) is 16.2. The Kier molecular flexibility index (Phi) is 11.8. The summed E-state index contributed by atoms with van der Waals surface area (Å²) in [6.07, 6.45) is 4.66. The molecular weight excluding hydrogens is 817 g/mol. The summed E-state index contributed by atoms with van der Waals surface area (Å²) in [5.41, 5.74) is 2.92. The highest BCUT2D eigenvalue weighted by Gasteiger charge is 2.50. The molecule has 3 aliphatic heterocycles. The van der Waals surface area contributed by atoms with Crippen LogP contribution in [0.3, 0.4) is 0 Å². The SMILES string of the molecule is CCc1cc2ncc(CN3CCN(CC4CCN(c5ccc(NC(=O)c6ccc(N7C(=S)N(c8ccc(C#N)c(Cl)c8)C(=O)C7(C)C)cc6F)nn5)CC4)CC3)cc2[nH]c1=O. The van der Waals surface area contributed by atoms with Crippen LogP contribution >= 0.6 is 23.8 Å². The molecule has 0 bridgehead atoms. The highest BCUT2D eigenvalue weighted by molar-refractivity contribution is 7.81. The van der Waals surface area contributed by atoms with Gasteiger partial charge in [0.05, 0.1) is 32.9 Å². The standard InChI is InChI=1S/C44H45ClFN11O3S/c1-4-29-20-36-37(49-40(29)58)19-28(24-48-36)26-54-17-15-53(16-18-54)25-27-11-13-55(14-12-27)39-10-9-38(51-52-39)50-41(59)33-8-7-32(22-35(33)46)57-43(61)56(42(60)44(57,2)3)31-6-5-30(23-47)34(45)21-31/h5-10,19-22,24,27H,4,11-18,25-26H2,1-3H3,(H,49,58)(H,50,51,59). The Bertz CT molecular complexity index is 2620. The third-order valence-corrected chi connectivity index (χ3v) is 12.6. The zero-order valence-corrected chi connectivity index (χ0v) is 35.7. The lowest BCUT2D eigenvalue weighted by Gasteiger charge is -2.39. The van der Waals surface area contributed by atoms with Gasteiger partial charge in [-0.15, -0.1) is 10.2 Å². The number of hydrogen-bond donors (Lipinski definition) is 2. The first-order chi connectivity index (χ1) is 29.3. The van der Waals surface area contributed by atoms with Crippen LogP contribution in [0.1, 0.15) is 60.7 Å². The maximum Gasteiger partial charge on any atom is 0.259 e. The van der Waals surface area contributed by atoms with Gasteiger partial charge in [0.2, 0.25) is 0 Å². The molecule has 3 saturated heterocycles. The van der Waals surface area contributed by atoms with Gasteiger partial charge in [-0.2, -0.15) is 5.26 Å². The van der Waals surface area contributed by atoms with Crippen molar-refractivity contribution in [3.05, 3.63) is 110 Å². The molecule has 6 heterocycles. The first-order valence-corrected chi connectivity index (χ1v) is 21.1. The van der Waals surface area contributed by atoms with Crippen LogP contribution in [0, 0.1) is 23.1 Å². The molecule has 0 unspecified atom stereocenters. The van der Waals surface area contributed by atoms with Gasteiger partial charge in [-0.25, -0.2) is 4.39 Å². The fourth-order valence-electron chi connectivity index (χ4n) is 8.38. The normalized spacial score (nSPS) is 17.6. The van der Waals surface area contributed by atoms with Crippen molar-refractivity contribution in [2.45, 2.75) is 52.1 Å². The Morgan fingerprint density at radius 2 is 1.72 bits per heavy atom. The van der Waals surface area contributed by atoms with Crippen LogP contribution in [0.5, 0.6) is 0 Å². The van der Waals surface area contributed by atoms with E-state index in [1.54, 1.807) is 26.0 Å². The molecule has 17 heteroatoms. The van der Waals surface area contributed by atoms with Crippen LogP contribution < -0.4 is 25.6 Å². The molecule has 0 atom stereocenters. The number of thiocarbonyl (C=S) groups is 1. The second-order valence-corrected chi connectivity index (χ2v) is 17.0. The van der Waals surface area contributed by atoms with Gasteiger partial charge in [0.15, 0.2) is 16.7 Å². The number of piperidine rings is 1. The summed E-state index contributed by atoms with van der Waals surface area (Å²) in [7, 11) is 0. The molecular formula is C44H45ClFN11O3S. The summed E-state index contributed by atoms with van der Waals surface area (Å²) in [4.78, 5) is 56.7. The van der Waals surface area contributed by atoms with Crippen molar-refractivity contribution in [1.29, 1.82) is 5.26 Å². The number of aromatic nitrogens is 4. The summed E-state index contributed by atoms with van der Waals surface area (Å²) < 4.78 is 15.6. The van der Waals surface area contributed by atoms with Gasteiger partial charge in [-0.1, -0.05) is 18.5 Å². The van der Waals surface area contributed by atoms with E-state index in [1.165, 1.54) is 40.1 Å². The molecule has 3 aliphatic rings. The second kappa shape index (κ2) is 17.3. The quantitative estimate of drug-likeness (QED) is 0.155. The number of carbonyl (C=O) groups is 2. The number of fused-ring (bicyclic) bond motifs is 1. The summed E-state index contributed by atoms with van der Waals surface area (Å²) in [5, 5.41) is 20.8. The van der Waals surface area contributed by atoms with E-state index in [4.69, 9.17) is 23.8 Å². The van der Waals surface area contributed by atoms with Gasteiger partial charge >= 0.3 is 0 Å². The lowest BCUT2D eigenvalue weighted by molar-refractivity contribution is -0.120. The molecule has 3 aromatic heterocycles. The lowest BCUT2D eigenvalue weighted by Crippen LogP contribution is -2.48. The molecule has 2 N–H and O–H groups in total. The number of amides is 2. The number of nitrogens with zero attached hydrogens (tertiary/aromatic N) is 9. The minimum Gasteiger partial charge on any atom is -0.355 e. The van der Waals surface area contributed by atoms with Crippen LogP contribution in [0.2, 0.25) is 5.02 Å². The summed E-state index contributed by atoms with van der Waals surface area (Å²) >= 11 is 11.9. The molecule has 0 spiro atoms. The van der Waals surface area contributed by atoms with Crippen LogP contribution in [0.25, 0.3) is 11.0 Å². The van der Waals surface area contributed by atoms with E-state index in [2.05, 4.69) is 40.2 Å². The number of H-pyrrole nitrogens is 1. The Morgan fingerprint density at radius 1 is 0.984 bits per heavy atom. The highest BCUT2D eigenvalue weighted by atomic mass is 35.5. The molecule has 2 aromatic carbocycles. The van der Waals surface area contributed by atoms with Crippen molar-refractivity contribution < 1.29 is 14.0 Å². The summed E-state index contributed by atoms with van der Waals surface area (Å²) in [5.74, 6) is -0.384. The summed E-state index contributed by atoms with van der Waals surface area (Å²) in [6, 6.07) is 18.0. The van der Waals surface area contributed by atoms with Crippen LogP contribution in [-0.2, 0) is 17.8 Å². The number of carbonyl (C=O) groups excluding carboxylic acids is 2. The Labute approximate surface area is 362 Å². The van der Waals surface area contributed by atoms with E-state index in [-0.39, 0.29) is 44.2 Å². The zero-order chi connectivity index (χ0) is 43.0. The molecule has 0 saturated carbocycles. The third kappa shape index (κ3) is 8.56. The largest absolute Gasteiger partial charge is 0.355 e. The number of aryl methyl sites for hydroxylation is 1. The average Bonchev–Trinajstić information content (AvgIpc) is 3.43. The predicted octanol–water partition coefficient (Wildman–Crippen LogP) is 6.14. The number of hydrogen-bond acceptors (Lipinski definition) is 11. The van der Waals surface area contributed by atoms with E-state index in [9.17, 15) is 19.6 Å². The molecule has 0 radical (unpaired) electrons. The number of halogens is 2. The first-order valence-electron chi connectivity index (χ1n) is 20.4. The summed E-state index contributed by atoms with van der Waals surface area (Å²) in [6.45, 7) is 12.8. The van der Waals surface area contributed by atoms with Gasteiger partial charge in [-0.05, 0) is 117 Å². The van der Waals surface area contributed by atoms with Gasteiger partial charge in [0, 0.05) is 69.8 Å².